The number of rotatable bonds is 5. The maximum atomic E-state index is 12.2. The van der Waals surface area contributed by atoms with E-state index in [1.54, 1.807) is 10.7 Å². The minimum atomic E-state index is -0.0720. The van der Waals surface area contributed by atoms with Crippen molar-refractivity contribution >= 4 is 0 Å². The summed E-state index contributed by atoms with van der Waals surface area (Å²) in [6.07, 6.45) is 2.35. The van der Waals surface area contributed by atoms with E-state index in [0.29, 0.717) is 25.7 Å². The molecule has 1 N–H and O–H groups in total. The first-order chi connectivity index (χ1) is 11.2. The molecule has 1 saturated carbocycles. The summed E-state index contributed by atoms with van der Waals surface area (Å²) in [6.45, 7) is 3.63. The normalized spacial score (nSPS) is 24.2. The number of nitrogens with zero attached hydrogens (tertiary/aromatic N) is 2. The second-order valence-corrected chi connectivity index (χ2v) is 6.42. The Morgan fingerprint density at radius 3 is 2.87 bits per heavy atom. The molecule has 2 fully saturated rings. The average molecular weight is 315 g/mol. The molecule has 2 unspecified atom stereocenters. The molecule has 3 heterocycles. The van der Waals surface area contributed by atoms with Gasteiger partial charge in [0, 0.05) is 12.0 Å². The van der Waals surface area contributed by atoms with E-state index in [-0.39, 0.29) is 17.6 Å². The SMILES string of the molecule is Cc1ccc(CNC2COCC2n2nc(C3CC3)ccc2=O)o1. The van der Waals surface area contributed by atoms with Crippen molar-refractivity contribution in [3.63, 3.8) is 0 Å². The van der Waals surface area contributed by atoms with Crippen LogP contribution in [0.2, 0.25) is 0 Å². The van der Waals surface area contributed by atoms with Crippen LogP contribution in [0.1, 0.15) is 42.0 Å². The Morgan fingerprint density at radius 2 is 2.13 bits per heavy atom. The van der Waals surface area contributed by atoms with E-state index in [9.17, 15) is 4.79 Å². The van der Waals surface area contributed by atoms with Gasteiger partial charge in [0.15, 0.2) is 0 Å². The van der Waals surface area contributed by atoms with Crippen molar-refractivity contribution in [1.82, 2.24) is 15.1 Å². The summed E-state index contributed by atoms with van der Waals surface area (Å²) in [5.41, 5.74) is 0.961. The third kappa shape index (κ3) is 3.09. The molecule has 1 saturated heterocycles. The van der Waals surface area contributed by atoms with Crippen LogP contribution in [-0.2, 0) is 11.3 Å². The Morgan fingerprint density at radius 1 is 1.26 bits per heavy atom. The molecule has 2 aliphatic rings. The number of aromatic nitrogens is 2. The first-order valence-corrected chi connectivity index (χ1v) is 8.17. The molecule has 0 spiro atoms. The Hall–Kier alpha value is -1.92. The number of ether oxygens (including phenoxy) is 1. The van der Waals surface area contributed by atoms with E-state index in [2.05, 4.69) is 10.4 Å². The highest BCUT2D eigenvalue weighted by molar-refractivity contribution is 5.13. The molecule has 0 radical (unpaired) electrons. The second kappa shape index (κ2) is 5.94. The van der Waals surface area contributed by atoms with Crippen LogP contribution < -0.4 is 10.9 Å². The van der Waals surface area contributed by atoms with Crippen molar-refractivity contribution < 1.29 is 9.15 Å². The van der Waals surface area contributed by atoms with Gasteiger partial charge >= 0.3 is 0 Å². The van der Waals surface area contributed by atoms with Crippen LogP contribution in [0, 0.1) is 6.92 Å². The molecule has 0 aromatic carbocycles. The predicted molar refractivity (Wildman–Crippen MR) is 84.4 cm³/mol. The van der Waals surface area contributed by atoms with Crippen molar-refractivity contribution in [3.05, 3.63) is 51.8 Å². The number of hydrogen-bond acceptors (Lipinski definition) is 5. The predicted octanol–water partition coefficient (Wildman–Crippen LogP) is 1.75. The summed E-state index contributed by atoms with van der Waals surface area (Å²) in [6, 6.07) is 7.39. The molecule has 1 aliphatic carbocycles. The highest BCUT2D eigenvalue weighted by atomic mass is 16.5. The van der Waals surface area contributed by atoms with Crippen molar-refractivity contribution in [3.8, 4) is 0 Å². The van der Waals surface area contributed by atoms with E-state index < -0.39 is 0 Å². The van der Waals surface area contributed by atoms with E-state index >= 15 is 0 Å². The van der Waals surface area contributed by atoms with E-state index in [1.807, 2.05) is 25.1 Å². The minimum absolute atomic E-state index is 0.0556. The molecular weight excluding hydrogens is 294 g/mol. The first kappa shape index (κ1) is 14.7. The van der Waals surface area contributed by atoms with E-state index in [4.69, 9.17) is 9.15 Å². The number of furan rings is 1. The fraction of sp³-hybridized carbons (Fsp3) is 0.529. The fourth-order valence-electron chi connectivity index (χ4n) is 3.07. The summed E-state index contributed by atoms with van der Waals surface area (Å²) in [4.78, 5) is 12.2. The van der Waals surface area contributed by atoms with Gasteiger partial charge in [-0.1, -0.05) is 0 Å². The first-order valence-electron chi connectivity index (χ1n) is 8.17. The zero-order valence-electron chi connectivity index (χ0n) is 13.2. The van der Waals surface area contributed by atoms with Gasteiger partial charge in [-0.25, -0.2) is 4.68 Å². The lowest BCUT2D eigenvalue weighted by atomic mass is 10.1. The van der Waals surface area contributed by atoms with E-state index in [1.165, 1.54) is 12.8 Å². The van der Waals surface area contributed by atoms with Gasteiger partial charge in [0.05, 0.1) is 37.5 Å². The van der Waals surface area contributed by atoms with Gasteiger partial charge in [0.2, 0.25) is 0 Å². The van der Waals surface area contributed by atoms with Gasteiger partial charge in [-0.2, -0.15) is 5.10 Å². The number of aryl methyl sites for hydroxylation is 1. The summed E-state index contributed by atoms with van der Waals surface area (Å²) >= 11 is 0. The van der Waals surface area contributed by atoms with Crippen molar-refractivity contribution in [1.29, 1.82) is 0 Å². The monoisotopic (exact) mass is 315 g/mol. The average Bonchev–Trinajstić information content (AvgIpc) is 3.15. The van der Waals surface area contributed by atoms with Gasteiger partial charge in [-0.3, -0.25) is 4.79 Å². The highest BCUT2D eigenvalue weighted by Gasteiger charge is 2.32. The Balaban J connectivity index is 1.50. The van der Waals surface area contributed by atoms with Crippen LogP contribution in [0.25, 0.3) is 0 Å². The molecule has 0 bridgehead atoms. The van der Waals surface area contributed by atoms with Gasteiger partial charge in [0.1, 0.15) is 11.5 Å². The molecule has 6 heteroatoms. The van der Waals surface area contributed by atoms with E-state index in [0.717, 1.165) is 17.2 Å². The Bertz CT molecular complexity index is 748. The maximum absolute atomic E-state index is 12.2. The third-order valence-corrected chi connectivity index (χ3v) is 4.54. The van der Waals surface area contributed by atoms with Crippen molar-refractivity contribution in [2.24, 2.45) is 0 Å². The standard InChI is InChI=1S/C17H21N3O3/c1-11-2-5-13(23-11)8-18-15-9-22-10-16(15)20-17(21)7-6-14(19-20)12-3-4-12/h2,5-7,12,15-16,18H,3-4,8-10H2,1H3. The zero-order valence-corrected chi connectivity index (χ0v) is 13.2. The molecule has 1 aliphatic heterocycles. The topological polar surface area (TPSA) is 69.3 Å². The van der Waals surface area contributed by atoms with Crippen LogP contribution in [-0.4, -0.2) is 29.0 Å². The lowest BCUT2D eigenvalue weighted by molar-refractivity contribution is 0.180. The number of hydrogen-bond donors (Lipinski definition) is 1. The lowest BCUT2D eigenvalue weighted by Crippen LogP contribution is -2.41. The van der Waals surface area contributed by atoms with Gasteiger partial charge < -0.3 is 14.5 Å². The zero-order chi connectivity index (χ0) is 15.8. The largest absolute Gasteiger partial charge is 0.465 e. The molecule has 0 amide bonds. The van der Waals surface area contributed by atoms with Crippen LogP contribution >= 0.6 is 0 Å². The molecule has 2 aromatic rings. The molecular formula is C17H21N3O3. The quantitative estimate of drug-likeness (QED) is 0.910. The second-order valence-electron chi connectivity index (χ2n) is 6.42. The smallest absolute Gasteiger partial charge is 0.267 e. The number of nitrogens with one attached hydrogen (secondary N) is 1. The Labute approximate surface area is 134 Å². The molecule has 6 nitrogen and oxygen atoms in total. The van der Waals surface area contributed by atoms with Gasteiger partial charge in [-0.15, -0.1) is 0 Å². The van der Waals surface area contributed by atoms with Crippen LogP contribution in [0.4, 0.5) is 0 Å². The van der Waals surface area contributed by atoms with Gasteiger partial charge in [-0.05, 0) is 38.0 Å². The molecule has 4 rings (SSSR count). The van der Waals surface area contributed by atoms with Crippen LogP contribution in [0.15, 0.2) is 33.5 Å². The van der Waals surface area contributed by atoms with Crippen LogP contribution in [0.5, 0.6) is 0 Å². The lowest BCUT2D eigenvalue weighted by Gasteiger charge is -2.20. The van der Waals surface area contributed by atoms with Crippen molar-refractivity contribution in [2.45, 2.75) is 44.3 Å². The maximum Gasteiger partial charge on any atom is 0.267 e. The summed E-state index contributed by atoms with van der Waals surface area (Å²) in [5.74, 6) is 2.32. The minimum Gasteiger partial charge on any atom is -0.465 e. The molecule has 2 aromatic heterocycles. The summed E-state index contributed by atoms with van der Waals surface area (Å²) < 4.78 is 12.8. The highest BCUT2D eigenvalue weighted by Crippen LogP contribution is 2.38. The van der Waals surface area contributed by atoms with Gasteiger partial charge in [0.25, 0.3) is 5.56 Å². The Kier molecular flexibility index (Phi) is 3.79. The van der Waals surface area contributed by atoms with Crippen LogP contribution in [0.3, 0.4) is 0 Å². The summed E-state index contributed by atoms with van der Waals surface area (Å²) in [5, 5.41) is 8.02. The molecule has 23 heavy (non-hydrogen) atoms. The molecule has 122 valence electrons. The fourth-order valence-corrected chi connectivity index (χ4v) is 3.07. The van der Waals surface area contributed by atoms with Crippen molar-refractivity contribution in [2.75, 3.05) is 13.2 Å². The molecule has 2 atom stereocenters. The summed E-state index contributed by atoms with van der Waals surface area (Å²) in [7, 11) is 0. The third-order valence-electron chi connectivity index (χ3n) is 4.54.